The monoisotopic (exact) mass is 248 g/mol. The lowest BCUT2D eigenvalue weighted by molar-refractivity contribution is 0.299. The lowest BCUT2D eigenvalue weighted by atomic mass is 10.1. The molecule has 94 valence electrons. The van der Waals surface area contributed by atoms with Crippen LogP contribution in [0.4, 0.5) is 8.78 Å². The maximum absolute atomic E-state index is 13.4. The van der Waals surface area contributed by atoms with Gasteiger partial charge in [0.05, 0.1) is 0 Å². The average molecular weight is 248 g/mol. The SMILES string of the molecule is Cc1cc(C)cc(OCc2ccc(F)cc2F)c1. The van der Waals surface area contributed by atoms with Crippen LogP contribution in [0.2, 0.25) is 0 Å². The van der Waals surface area contributed by atoms with E-state index in [0.29, 0.717) is 11.3 Å². The summed E-state index contributed by atoms with van der Waals surface area (Å²) in [6.45, 7) is 4.03. The number of benzene rings is 2. The summed E-state index contributed by atoms with van der Waals surface area (Å²) in [6.07, 6.45) is 0. The lowest BCUT2D eigenvalue weighted by Crippen LogP contribution is -1.99. The molecule has 0 saturated heterocycles. The summed E-state index contributed by atoms with van der Waals surface area (Å²) in [6, 6.07) is 9.28. The Morgan fingerprint density at radius 3 is 2.22 bits per heavy atom. The van der Waals surface area contributed by atoms with Crippen molar-refractivity contribution in [3.05, 3.63) is 64.7 Å². The first-order valence-electron chi connectivity index (χ1n) is 5.69. The smallest absolute Gasteiger partial charge is 0.132 e. The summed E-state index contributed by atoms with van der Waals surface area (Å²) in [5.41, 5.74) is 2.52. The van der Waals surface area contributed by atoms with Crippen molar-refractivity contribution in [1.29, 1.82) is 0 Å². The molecule has 0 radical (unpaired) electrons. The zero-order valence-electron chi connectivity index (χ0n) is 10.3. The zero-order valence-corrected chi connectivity index (χ0v) is 10.3. The van der Waals surface area contributed by atoms with Gasteiger partial charge >= 0.3 is 0 Å². The minimum atomic E-state index is -0.584. The molecule has 0 heterocycles. The molecule has 0 unspecified atom stereocenters. The largest absolute Gasteiger partial charge is 0.489 e. The van der Waals surface area contributed by atoms with E-state index in [1.165, 1.54) is 12.1 Å². The third-order valence-corrected chi connectivity index (χ3v) is 2.60. The summed E-state index contributed by atoms with van der Waals surface area (Å²) in [5.74, 6) is -0.474. The number of halogens is 2. The highest BCUT2D eigenvalue weighted by Crippen LogP contribution is 2.18. The summed E-state index contributed by atoms with van der Waals surface area (Å²) in [5, 5.41) is 0. The van der Waals surface area contributed by atoms with Gasteiger partial charge in [-0.1, -0.05) is 6.07 Å². The molecule has 0 bridgehead atoms. The Bertz CT molecular complexity index is 544. The fraction of sp³-hybridized carbons (Fsp3) is 0.200. The van der Waals surface area contributed by atoms with Crippen LogP contribution in [0.25, 0.3) is 0 Å². The highest BCUT2D eigenvalue weighted by atomic mass is 19.1. The number of hydrogen-bond acceptors (Lipinski definition) is 1. The molecule has 0 atom stereocenters. The van der Waals surface area contributed by atoms with Gasteiger partial charge in [-0.3, -0.25) is 0 Å². The van der Waals surface area contributed by atoms with E-state index in [9.17, 15) is 8.78 Å². The average Bonchev–Trinajstić information content (AvgIpc) is 2.26. The molecule has 3 heteroatoms. The zero-order chi connectivity index (χ0) is 13.1. The first-order chi connectivity index (χ1) is 8.54. The first-order valence-corrected chi connectivity index (χ1v) is 5.69. The fourth-order valence-corrected chi connectivity index (χ4v) is 1.82. The molecular weight excluding hydrogens is 234 g/mol. The Hall–Kier alpha value is -1.90. The number of ether oxygens (including phenoxy) is 1. The van der Waals surface area contributed by atoms with Crippen LogP contribution < -0.4 is 4.74 Å². The summed E-state index contributed by atoms with van der Waals surface area (Å²) in [7, 11) is 0. The van der Waals surface area contributed by atoms with Gasteiger partial charge in [0, 0.05) is 11.6 Å². The van der Waals surface area contributed by atoms with E-state index in [4.69, 9.17) is 4.74 Å². The first kappa shape index (κ1) is 12.6. The van der Waals surface area contributed by atoms with Crippen LogP contribution in [0.5, 0.6) is 5.75 Å². The molecule has 1 nitrogen and oxygen atoms in total. The minimum Gasteiger partial charge on any atom is -0.489 e. The quantitative estimate of drug-likeness (QED) is 0.792. The van der Waals surface area contributed by atoms with E-state index in [2.05, 4.69) is 0 Å². The molecule has 2 aromatic rings. The molecule has 0 aliphatic carbocycles. The molecule has 18 heavy (non-hydrogen) atoms. The molecular formula is C15H14F2O. The summed E-state index contributed by atoms with van der Waals surface area (Å²) in [4.78, 5) is 0. The van der Waals surface area contributed by atoms with Crippen molar-refractivity contribution >= 4 is 0 Å². The molecule has 0 aromatic heterocycles. The van der Waals surface area contributed by atoms with Crippen molar-refractivity contribution in [2.75, 3.05) is 0 Å². The maximum atomic E-state index is 13.4. The number of aryl methyl sites for hydroxylation is 2. The van der Waals surface area contributed by atoms with E-state index < -0.39 is 11.6 Å². The molecule has 0 N–H and O–H groups in total. The van der Waals surface area contributed by atoms with Gasteiger partial charge in [0.1, 0.15) is 24.0 Å². The fourth-order valence-electron chi connectivity index (χ4n) is 1.82. The molecule has 0 spiro atoms. The Morgan fingerprint density at radius 1 is 0.944 bits per heavy atom. The van der Waals surface area contributed by atoms with Gasteiger partial charge in [0.15, 0.2) is 0 Å². The Morgan fingerprint density at radius 2 is 1.61 bits per heavy atom. The van der Waals surface area contributed by atoms with E-state index in [-0.39, 0.29) is 6.61 Å². The van der Waals surface area contributed by atoms with Gasteiger partial charge in [-0.05, 0) is 49.2 Å². The topological polar surface area (TPSA) is 9.23 Å². The van der Waals surface area contributed by atoms with Gasteiger partial charge < -0.3 is 4.74 Å². The lowest BCUT2D eigenvalue weighted by Gasteiger charge is -2.09. The predicted octanol–water partition coefficient (Wildman–Crippen LogP) is 4.16. The Labute approximate surface area is 105 Å². The molecule has 0 amide bonds. The van der Waals surface area contributed by atoms with Gasteiger partial charge in [0.2, 0.25) is 0 Å². The van der Waals surface area contributed by atoms with Crippen molar-refractivity contribution in [3.8, 4) is 5.75 Å². The van der Waals surface area contributed by atoms with Gasteiger partial charge in [-0.25, -0.2) is 8.78 Å². The van der Waals surface area contributed by atoms with Crippen LogP contribution in [-0.2, 0) is 6.61 Å². The minimum absolute atomic E-state index is 0.0923. The number of hydrogen-bond donors (Lipinski definition) is 0. The molecule has 0 saturated carbocycles. The van der Waals surface area contributed by atoms with Gasteiger partial charge in [-0.15, -0.1) is 0 Å². The van der Waals surface area contributed by atoms with E-state index in [1.54, 1.807) is 0 Å². The van der Waals surface area contributed by atoms with Crippen molar-refractivity contribution in [2.45, 2.75) is 20.5 Å². The van der Waals surface area contributed by atoms with Crippen LogP contribution >= 0.6 is 0 Å². The Balaban J connectivity index is 2.11. The van der Waals surface area contributed by atoms with Crippen LogP contribution in [0, 0.1) is 25.5 Å². The van der Waals surface area contributed by atoms with E-state index in [0.717, 1.165) is 17.2 Å². The molecule has 2 rings (SSSR count). The van der Waals surface area contributed by atoms with Crippen molar-refractivity contribution in [2.24, 2.45) is 0 Å². The van der Waals surface area contributed by atoms with Crippen LogP contribution in [-0.4, -0.2) is 0 Å². The van der Waals surface area contributed by atoms with E-state index >= 15 is 0 Å². The van der Waals surface area contributed by atoms with Crippen LogP contribution in [0.1, 0.15) is 16.7 Å². The third-order valence-electron chi connectivity index (χ3n) is 2.60. The molecule has 2 aromatic carbocycles. The Kier molecular flexibility index (Phi) is 3.60. The van der Waals surface area contributed by atoms with Crippen LogP contribution in [0.15, 0.2) is 36.4 Å². The third kappa shape index (κ3) is 3.06. The van der Waals surface area contributed by atoms with E-state index in [1.807, 2.05) is 32.0 Å². The second kappa shape index (κ2) is 5.17. The van der Waals surface area contributed by atoms with Crippen molar-refractivity contribution < 1.29 is 13.5 Å². The standard InChI is InChI=1S/C15H14F2O/c1-10-5-11(2)7-14(6-10)18-9-12-3-4-13(16)8-15(12)17/h3-8H,9H2,1-2H3. The second-order valence-electron chi connectivity index (χ2n) is 4.35. The van der Waals surface area contributed by atoms with Gasteiger partial charge in [0.25, 0.3) is 0 Å². The molecule has 0 fully saturated rings. The normalized spacial score (nSPS) is 10.4. The van der Waals surface area contributed by atoms with Crippen molar-refractivity contribution in [3.63, 3.8) is 0 Å². The number of rotatable bonds is 3. The van der Waals surface area contributed by atoms with Gasteiger partial charge in [-0.2, -0.15) is 0 Å². The maximum Gasteiger partial charge on any atom is 0.132 e. The highest BCUT2D eigenvalue weighted by Gasteiger charge is 2.05. The summed E-state index contributed by atoms with van der Waals surface area (Å²) < 4.78 is 31.6. The predicted molar refractivity (Wildman–Crippen MR) is 66.6 cm³/mol. The summed E-state index contributed by atoms with van der Waals surface area (Å²) >= 11 is 0. The molecule has 0 aliphatic rings. The highest BCUT2D eigenvalue weighted by molar-refractivity contribution is 5.33. The van der Waals surface area contributed by atoms with Crippen LogP contribution in [0.3, 0.4) is 0 Å². The second-order valence-corrected chi connectivity index (χ2v) is 4.35. The molecule has 0 aliphatic heterocycles. The van der Waals surface area contributed by atoms with Crippen molar-refractivity contribution in [1.82, 2.24) is 0 Å².